The lowest BCUT2D eigenvalue weighted by Crippen LogP contribution is -2.74. The van der Waals surface area contributed by atoms with Crippen molar-refractivity contribution in [2.75, 3.05) is 9.80 Å². The number of furan rings is 2. The highest BCUT2D eigenvalue weighted by atomic mass is 28.3. The molecule has 6 aromatic heterocycles. The number of aromatic nitrogens is 2. The third-order valence-electron chi connectivity index (χ3n) is 29.7. The Kier molecular flexibility index (Phi) is 19.7. The van der Waals surface area contributed by atoms with E-state index in [9.17, 15) is 0 Å². The summed E-state index contributed by atoms with van der Waals surface area (Å²) in [5.74, 6) is 0. The van der Waals surface area contributed by atoms with Gasteiger partial charge >= 0.3 is 0 Å². The van der Waals surface area contributed by atoms with Crippen LogP contribution in [0.5, 0.6) is 0 Å². The standard InChI is InChI=1S/C66H44N2OSi.C66H46N2OSi/c1-4-16-52(17-5-1)70(53-18-6-2-7-19-53,54-20-8-3-9-21-54)55-39-32-46(33-40-55)45-28-35-49(36-29-45)67(50-37-30-47(31-38-50)48-34-41-59-58-24-12-15-27-64(58)69-65(59)42-48)51-43-60-56-22-10-13-25-62(56)68-63-26-14-11-23-57(63)61(44-51)66(60)68;1-4-16-52(17-5-1)70(53-18-6-2-7-19-53,54-20-8-3-9-21-54)55-39-32-46(33-40-55)45-28-34-49(35-29-45)67(51-38-41-59-58-24-12-15-27-64(58)69-65(59)44-51)50-36-30-47(31-37-50)48-42-60-56-22-10-13-25-62(56)68-63-26-14-11-23-57(63)61(43-48)66(60)68/h1-44H;1-37,39-44,51H,38H2. The van der Waals surface area contributed by atoms with E-state index >= 15 is 0 Å². The lowest BCUT2D eigenvalue weighted by molar-refractivity contribution is 0.568. The average Bonchev–Trinajstić information content (AvgIpc) is 1.56. The van der Waals surface area contributed by atoms with E-state index < -0.39 is 16.1 Å². The van der Waals surface area contributed by atoms with Crippen LogP contribution in [-0.4, -0.2) is 31.0 Å². The highest BCUT2D eigenvalue weighted by molar-refractivity contribution is 7.20. The molecule has 140 heavy (non-hydrogen) atoms. The lowest BCUT2D eigenvalue weighted by atomic mass is 9.98. The van der Waals surface area contributed by atoms with E-state index in [1.165, 1.54) is 162 Å². The van der Waals surface area contributed by atoms with Gasteiger partial charge in [-0.25, -0.2) is 0 Å². The van der Waals surface area contributed by atoms with Crippen LogP contribution in [0.2, 0.25) is 0 Å². The molecule has 0 bridgehead atoms. The number of anilines is 5. The van der Waals surface area contributed by atoms with Gasteiger partial charge in [0.15, 0.2) is 16.1 Å². The summed E-state index contributed by atoms with van der Waals surface area (Å²) in [4.78, 5) is 4.90. The van der Waals surface area contributed by atoms with E-state index in [0.717, 1.165) is 78.9 Å². The van der Waals surface area contributed by atoms with Crippen LogP contribution in [0.1, 0.15) is 6.42 Å². The smallest absolute Gasteiger partial charge is 0.179 e. The van der Waals surface area contributed by atoms with Crippen molar-refractivity contribution < 1.29 is 8.83 Å². The first-order valence-electron chi connectivity index (χ1n) is 48.4. The first kappa shape index (κ1) is 81.9. The number of para-hydroxylation sites is 6. The van der Waals surface area contributed by atoms with Crippen LogP contribution < -0.4 is 61.9 Å². The zero-order valence-corrected chi connectivity index (χ0v) is 78.6. The number of rotatable bonds is 18. The molecule has 0 saturated carbocycles. The molecule has 0 amide bonds. The van der Waals surface area contributed by atoms with Crippen LogP contribution in [0.4, 0.5) is 28.4 Å². The molecule has 0 N–H and O–H groups in total. The summed E-state index contributed by atoms with van der Waals surface area (Å²) in [6.07, 6.45) is 5.53. The summed E-state index contributed by atoms with van der Waals surface area (Å²) >= 11 is 0. The van der Waals surface area contributed by atoms with Crippen molar-refractivity contribution in [2.45, 2.75) is 12.5 Å². The van der Waals surface area contributed by atoms with Crippen LogP contribution in [0.25, 0.3) is 166 Å². The SMILES string of the molecule is C1=c2oc3ccccc3c2=CCC1N(c1ccc(-c2ccc([Si](c3ccccc3)(c3ccccc3)c3ccccc3)cc2)cc1)c1ccc(-c2cc3c4ccccc4n4c5ccccc5c(c2)c34)cc1.c1ccc([Si](c2ccccc2)(c2ccccc2)c2ccc(-c3ccc(N(c4ccc(-c5ccc6c(c5)oc5ccccc56)cc4)c4cc5c6ccccc6n6c7ccccc7c(c4)c56)cc3)cc2)cc1. The van der Waals surface area contributed by atoms with Crippen LogP contribution >= 0.6 is 0 Å². The fraction of sp³-hybridized carbons (Fsp3) is 0.0152. The summed E-state index contributed by atoms with van der Waals surface area (Å²) in [6, 6.07) is 190. The predicted molar refractivity (Wildman–Crippen MR) is 595 cm³/mol. The number of fused-ring (bicyclic) bond motifs is 18. The maximum absolute atomic E-state index is 6.51. The number of hydrogen-bond acceptors (Lipinski definition) is 4. The van der Waals surface area contributed by atoms with Gasteiger partial charge in [0.05, 0.1) is 39.1 Å². The fourth-order valence-corrected chi connectivity index (χ4v) is 32.8. The van der Waals surface area contributed by atoms with Gasteiger partial charge in [0.1, 0.15) is 22.2 Å². The highest BCUT2D eigenvalue weighted by Crippen LogP contribution is 2.48. The van der Waals surface area contributed by atoms with E-state index in [2.05, 4.69) is 528 Å². The van der Waals surface area contributed by atoms with Crippen molar-refractivity contribution >= 4 is 207 Å². The normalized spacial score (nSPS) is 12.9. The maximum atomic E-state index is 6.51. The topological polar surface area (TPSA) is 41.6 Å². The van der Waals surface area contributed by atoms with E-state index in [-0.39, 0.29) is 6.04 Å². The predicted octanol–water partition coefficient (Wildman–Crippen LogP) is 27.4. The summed E-state index contributed by atoms with van der Waals surface area (Å²) < 4.78 is 17.7. The van der Waals surface area contributed by atoms with E-state index in [4.69, 9.17) is 8.83 Å². The molecular formula is C132H90N4O2Si2. The molecule has 1 aliphatic rings. The third-order valence-corrected chi connectivity index (χ3v) is 39.3. The Hall–Kier alpha value is -17.7. The Morgan fingerprint density at radius 3 is 0.879 bits per heavy atom. The minimum absolute atomic E-state index is 0.0378. The minimum atomic E-state index is -2.64. The first-order valence-corrected chi connectivity index (χ1v) is 52.4. The Labute approximate surface area is 812 Å². The molecule has 27 aromatic rings. The minimum Gasteiger partial charge on any atom is -0.456 e. The van der Waals surface area contributed by atoms with Crippen molar-refractivity contribution in [3.05, 3.63) is 526 Å². The van der Waals surface area contributed by atoms with Gasteiger partial charge in [0.2, 0.25) is 0 Å². The second-order valence-electron chi connectivity index (χ2n) is 37.2. The van der Waals surface area contributed by atoms with Crippen LogP contribution in [0, 0.1) is 0 Å². The molecule has 6 heterocycles. The highest BCUT2D eigenvalue weighted by Gasteiger charge is 2.43. The number of nitrogens with zero attached hydrogens (tertiary/aromatic N) is 4. The number of hydrogen-bond donors (Lipinski definition) is 0. The summed E-state index contributed by atoms with van der Waals surface area (Å²) in [5, 5.41) is 25.7. The van der Waals surface area contributed by atoms with Gasteiger partial charge in [-0.3, -0.25) is 0 Å². The number of benzene rings is 21. The quantitative estimate of drug-likeness (QED) is 0.0634. The average molecular weight is 1820 g/mol. The van der Waals surface area contributed by atoms with Crippen molar-refractivity contribution in [1.82, 2.24) is 8.80 Å². The largest absolute Gasteiger partial charge is 0.456 e. The van der Waals surface area contributed by atoms with Crippen molar-refractivity contribution in [2.24, 2.45) is 0 Å². The molecule has 0 saturated heterocycles. The molecular weight excluding hydrogens is 1730 g/mol. The van der Waals surface area contributed by atoms with E-state index in [1.54, 1.807) is 0 Å². The van der Waals surface area contributed by atoms with E-state index in [1.807, 2.05) is 18.2 Å². The van der Waals surface area contributed by atoms with Crippen LogP contribution in [-0.2, 0) is 0 Å². The molecule has 0 aliphatic heterocycles. The molecule has 1 unspecified atom stereocenters. The molecule has 28 rings (SSSR count). The molecule has 1 aliphatic carbocycles. The van der Waals surface area contributed by atoms with Crippen LogP contribution in [0.15, 0.2) is 524 Å². The third kappa shape index (κ3) is 13.3. The lowest BCUT2D eigenvalue weighted by Gasteiger charge is -2.34. The molecule has 0 radical (unpaired) electrons. The Morgan fingerprint density at radius 1 is 0.207 bits per heavy atom. The molecule has 0 spiro atoms. The zero-order valence-electron chi connectivity index (χ0n) is 76.6. The maximum Gasteiger partial charge on any atom is 0.179 e. The first-order chi connectivity index (χ1) is 69.4. The second-order valence-corrected chi connectivity index (χ2v) is 44.8. The van der Waals surface area contributed by atoms with Gasteiger partial charge < -0.3 is 27.4 Å². The molecule has 6 nitrogen and oxygen atoms in total. The van der Waals surface area contributed by atoms with Gasteiger partial charge in [-0.2, -0.15) is 0 Å². The Bertz CT molecular complexity index is 9130. The Balaban J connectivity index is 0.000000141. The Morgan fingerprint density at radius 2 is 0.493 bits per heavy atom. The van der Waals surface area contributed by atoms with Gasteiger partial charge in [-0.15, -0.1) is 0 Å². The van der Waals surface area contributed by atoms with Crippen molar-refractivity contribution in [3.8, 4) is 44.5 Å². The van der Waals surface area contributed by atoms with Gasteiger partial charge in [-0.05, 0) is 220 Å². The zero-order chi connectivity index (χ0) is 92.4. The van der Waals surface area contributed by atoms with Gasteiger partial charge in [0, 0.05) is 92.9 Å². The second kappa shape index (κ2) is 33.7. The van der Waals surface area contributed by atoms with Gasteiger partial charge in [0.25, 0.3) is 0 Å². The molecule has 21 aromatic carbocycles. The van der Waals surface area contributed by atoms with Crippen LogP contribution in [0.3, 0.4) is 0 Å². The molecule has 8 heteroatoms. The summed E-state index contributed by atoms with van der Waals surface area (Å²) in [5.41, 5.74) is 26.1. The van der Waals surface area contributed by atoms with E-state index in [0.29, 0.717) is 0 Å². The van der Waals surface area contributed by atoms with Crippen molar-refractivity contribution in [1.29, 1.82) is 0 Å². The molecule has 658 valence electrons. The fourth-order valence-electron chi connectivity index (χ4n) is 23.3. The van der Waals surface area contributed by atoms with Crippen molar-refractivity contribution in [3.63, 3.8) is 0 Å². The monoisotopic (exact) mass is 1820 g/mol. The van der Waals surface area contributed by atoms with Gasteiger partial charge in [-0.1, -0.05) is 400 Å². The molecule has 1 atom stereocenters. The summed E-state index contributed by atoms with van der Waals surface area (Å²) in [6.45, 7) is 0. The summed E-state index contributed by atoms with van der Waals surface area (Å²) in [7, 11) is -5.26. The molecule has 0 fully saturated rings.